The van der Waals surface area contributed by atoms with E-state index in [4.69, 9.17) is 24.5 Å². The van der Waals surface area contributed by atoms with Gasteiger partial charge in [0.1, 0.15) is 5.75 Å². The van der Waals surface area contributed by atoms with Gasteiger partial charge in [0.2, 0.25) is 0 Å². The van der Waals surface area contributed by atoms with Crippen LogP contribution in [0.2, 0.25) is 0 Å². The van der Waals surface area contributed by atoms with Gasteiger partial charge < -0.3 is 24.7 Å². The van der Waals surface area contributed by atoms with Crippen LogP contribution in [-0.4, -0.2) is 78.3 Å². The highest BCUT2D eigenvalue weighted by atomic mass is 16.5. The van der Waals surface area contributed by atoms with E-state index in [-0.39, 0.29) is 0 Å². The molecule has 0 amide bonds. The summed E-state index contributed by atoms with van der Waals surface area (Å²) in [5.74, 6) is -2.06. The lowest BCUT2D eigenvalue weighted by Crippen LogP contribution is -2.44. The summed E-state index contributed by atoms with van der Waals surface area (Å²) < 4.78 is 5.96. The standard InChI is InChI=1S/C19H32N2O.C2H2O4/c1-16(2)18-13-17(3)14-19(15-18)22-12-6-5-7-21-10-8-20(4)9-11-21;3-1(4)2(5)6/h13-16H,5-12H2,1-4H3;(H,3,4)(H,5,6). The SMILES string of the molecule is Cc1cc(OCCCCN2CCN(C)CC2)cc(C(C)C)c1.O=C(O)C(=O)O. The molecule has 1 aromatic carbocycles. The van der Waals surface area contributed by atoms with Gasteiger partial charge in [-0.15, -0.1) is 0 Å². The lowest BCUT2D eigenvalue weighted by Gasteiger charge is -2.32. The Morgan fingerprint density at radius 3 is 2.18 bits per heavy atom. The zero-order valence-corrected chi connectivity index (χ0v) is 17.5. The number of rotatable bonds is 7. The minimum atomic E-state index is -1.82. The van der Waals surface area contributed by atoms with Gasteiger partial charge in [0, 0.05) is 26.2 Å². The third kappa shape index (κ3) is 9.71. The fraction of sp³-hybridized carbons (Fsp3) is 0.619. The maximum absolute atomic E-state index is 9.10. The van der Waals surface area contributed by atoms with Gasteiger partial charge in [-0.1, -0.05) is 19.9 Å². The molecule has 1 aliphatic heterocycles. The molecular formula is C21H34N2O5. The van der Waals surface area contributed by atoms with Crippen LogP contribution in [0.3, 0.4) is 0 Å². The van der Waals surface area contributed by atoms with Crippen LogP contribution in [0.15, 0.2) is 18.2 Å². The zero-order valence-electron chi connectivity index (χ0n) is 17.5. The van der Waals surface area contributed by atoms with Crippen LogP contribution in [0.5, 0.6) is 5.75 Å². The second-order valence-electron chi connectivity index (χ2n) is 7.54. The number of aryl methyl sites for hydroxylation is 1. The molecule has 7 heteroatoms. The van der Waals surface area contributed by atoms with E-state index in [2.05, 4.69) is 55.8 Å². The van der Waals surface area contributed by atoms with Crippen LogP contribution >= 0.6 is 0 Å². The molecule has 0 saturated carbocycles. The number of carboxylic acid groups (broad SMARTS) is 2. The number of carbonyl (C=O) groups is 2. The van der Waals surface area contributed by atoms with Gasteiger partial charge in [-0.2, -0.15) is 0 Å². The number of ether oxygens (including phenoxy) is 1. The first-order valence-corrected chi connectivity index (χ1v) is 9.80. The van der Waals surface area contributed by atoms with Crippen LogP contribution in [0, 0.1) is 6.92 Å². The highest BCUT2D eigenvalue weighted by molar-refractivity contribution is 6.27. The zero-order chi connectivity index (χ0) is 21.1. The van der Waals surface area contributed by atoms with Crippen LogP contribution in [0.4, 0.5) is 0 Å². The highest BCUT2D eigenvalue weighted by Crippen LogP contribution is 2.23. The third-order valence-corrected chi connectivity index (χ3v) is 4.66. The van der Waals surface area contributed by atoms with E-state index in [1.165, 1.54) is 50.3 Å². The fourth-order valence-electron chi connectivity index (χ4n) is 2.89. The van der Waals surface area contributed by atoms with E-state index < -0.39 is 11.9 Å². The van der Waals surface area contributed by atoms with E-state index in [1.807, 2.05) is 0 Å². The molecule has 2 rings (SSSR count). The minimum Gasteiger partial charge on any atom is -0.494 e. The van der Waals surface area contributed by atoms with Crippen molar-refractivity contribution in [1.82, 2.24) is 9.80 Å². The number of unbranched alkanes of at least 4 members (excludes halogenated alkanes) is 1. The van der Waals surface area contributed by atoms with Crippen molar-refractivity contribution >= 4 is 11.9 Å². The minimum absolute atomic E-state index is 0.555. The van der Waals surface area contributed by atoms with E-state index in [0.29, 0.717) is 5.92 Å². The second kappa shape index (κ2) is 12.4. The number of nitrogens with zero attached hydrogens (tertiary/aromatic N) is 2. The normalized spacial score (nSPS) is 15.0. The predicted octanol–water partition coefficient (Wildman–Crippen LogP) is 2.68. The molecule has 1 aliphatic rings. The number of benzene rings is 1. The van der Waals surface area contributed by atoms with Gasteiger partial charge in [0.25, 0.3) is 0 Å². The topological polar surface area (TPSA) is 90.3 Å². The fourth-order valence-corrected chi connectivity index (χ4v) is 2.89. The van der Waals surface area contributed by atoms with Gasteiger partial charge in [-0.05, 0) is 62.5 Å². The van der Waals surface area contributed by atoms with Crippen molar-refractivity contribution in [3.05, 3.63) is 29.3 Å². The highest BCUT2D eigenvalue weighted by Gasteiger charge is 2.12. The number of aliphatic carboxylic acids is 2. The Bertz CT molecular complexity index is 613. The summed E-state index contributed by atoms with van der Waals surface area (Å²) in [5, 5.41) is 14.8. The van der Waals surface area contributed by atoms with Crippen LogP contribution in [0.25, 0.3) is 0 Å². The molecule has 158 valence electrons. The Kier molecular flexibility index (Phi) is 10.6. The van der Waals surface area contributed by atoms with Crippen molar-refractivity contribution in [2.75, 3.05) is 46.4 Å². The Labute approximate surface area is 167 Å². The Balaban J connectivity index is 0.000000568. The van der Waals surface area contributed by atoms with Crippen molar-refractivity contribution < 1.29 is 24.5 Å². The number of likely N-dealkylation sites (N-methyl/N-ethyl adjacent to an activating group) is 1. The number of hydrogen-bond acceptors (Lipinski definition) is 5. The quantitative estimate of drug-likeness (QED) is 0.543. The van der Waals surface area contributed by atoms with E-state index >= 15 is 0 Å². The van der Waals surface area contributed by atoms with Crippen molar-refractivity contribution in [3.63, 3.8) is 0 Å². The summed E-state index contributed by atoms with van der Waals surface area (Å²) in [4.78, 5) is 23.2. The molecule has 0 bridgehead atoms. The summed E-state index contributed by atoms with van der Waals surface area (Å²) in [6, 6.07) is 6.59. The van der Waals surface area contributed by atoms with E-state index in [0.717, 1.165) is 18.8 Å². The van der Waals surface area contributed by atoms with Gasteiger partial charge in [0.15, 0.2) is 0 Å². The average Bonchev–Trinajstić information content (AvgIpc) is 2.63. The first kappa shape index (κ1) is 23.9. The Morgan fingerprint density at radius 1 is 1.04 bits per heavy atom. The smallest absolute Gasteiger partial charge is 0.414 e. The molecule has 0 aliphatic carbocycles. The van der Waals surface area contributed by atoms with Crippen molar-refractivity contribution in [3.8, 4) is 5.75 Å². The molecule has 7 nitrogen and oxygen atoms in total. The van der Waals surface area contributed by atoms with Crippen molar-refractivity contribution in [1.29, 1.82) is 0 Å². The number of hydrogen-bond donors (Lipinski definition) is 2. The Hall–Kier alpha value is -2.12. The van der Waals surface area contributed by atoms with Gasteiger partial charge in [-0.3, -0.25) is 0 Å². The first-order chi connectivity index (χ1) is 13.2. The summed E-state index contributed by atoms with van der Waals surface area (Å²) in [6.45, 7) is 13.5. The molecule has 1 aromatic rings. The molecule has 0 radical (unpaired) electrons. The van der Waals surface area contributed by atoms with E-state index in [9.17, 15) is 0 Å². The lowest BCUT2D eigenvalue weighted by atomic mass is 10.0. The van der Waals surface area contributed by atoms with Crippen LogP contribution in [-0.2, 0) is 9.59 Å². The Morgan fingerprint density at radius 2 is 1.64 bits per heavy atom. The molecule has 28 heavy (non-hydrogen) atoms. The molecule has 1 fully saturated rings. The molecule has 0 aromatic heterocycles. The maximum atomic E-state index is 9.10. The average molecular weight is 395 g/mol. The van der Waals surface area contributed by atoms with Gasteiger partial charge >= 0.3 is 11.9 Å². The van der Waals surface area contributed by atoms with Gasteiger partial charge in [0.05, 0.1) is 6.61 Å². The monoisotopic (exact) mass is 394 g/mol. The van der Waals surface area contributed by atoms with Crippen LogP contribution < -0.4 is 4.74 Å². The first-order valence-electron chi connectivity index (χ1n) is 9.80. The van der Waals surface area contributed by atoms with Crippen molar-refractivity contribution in [2.24, 2.45) is 0 Å². The molecule has 0 unspecified atom stereocenters. The molecule has 0 atom stereocenters. The summed E-state index contributed by atoms with van der Waals surface area (Å²) in [5.41, 5.74) is 2.66. The summed E-state index contributed by atoms with van der Waals surface area (Å²) >= 11 is 0. The number of piperazine rings is 1. The third-order valence-electron chi connectivity index (χ3n) is 4.66. The van der Waals surface area contributed by atoms with Crippen LogP contribution in [0.1, 0.15) is 43.7 Å². The molecule has 2 N–H and O–H groups in total. The summed E-state index contributed by atoms with van der Waals surface area (Å²) in [7, 11) is 2.21. The largest absolute Gasteiger partial charge is 0.494 e. The molecule has 1 saturated heterocycles. The predicted molar refractivity (Wildman–Crippen MR) is 109 cm³/mol. The lowest BCUT2D eigenvalue weighted by molar-refractivity contribution is -0.159. The van der Waals surface area contributed by atoms with E-state index in [1.54, 1.807) is 0 Å². The molecule has 0 spiro atoms. The second-order valence-corrected chi connectivity index (χ2v) is 7.54. The van der Waals surface area contributed by atoms with Crippen molar-refractivity contribution in [2.45, 2.75) is 39.5 Å². The molecule has 1 heterocycles. The number of carboxylic acids is 2. The van der Waals surface area contributed by atoms with Gasteiger partial charge in [-0.25, -0.2) is 9.59 Å². The summed E-state index contributed by atoms with van der Waals surface area (Å²) in [6.07, 6.45) is 2.36. The molecular weight excluding hydrogens is 360 g/mol. The maximum Gasteiger partial charge on any atom is 0.414 e.